The number of halogens is 1. The zero-order valence-corrected chi connectivity index (χ0v) is 9.64. The number of rotatable bonds is 1. The fraction of sp³-hybridized carbons (Fsp3) is 0.333. The Bertz CT molecular complexity index is 501. The van der Waals surface area contributed by atoms with Crippen LogP contribution in [0.5, 0.6) is 0 Å². The lowest BCUT2D eigenvalue weighted by Crippen LogP contribution is -2.12. The number of carbonyl (C=O) groups is 1. The number of nitrogens with zero attached hydrogens (tertiary/aromatic N) is 1. The molecule has 0 saturated heterocycles. The normalized spacial score (nSPS) is 9.75. The average Bonchev–Trinajstić information content (AvgIpc) is 2.29. The summed E-state index contributed by atoms with van der Waals surface area (Å²) < 4.78 is 18.4. The Labute approximate surface area is 93.5 Å². The molecule has 0 aromatic heterocycles. The van der Waals surface area contributed by atoms with Crippen LogP contribution in [0.3, 0.4) is 0 Å². The Morgan fingerprint density at radius 2 is 1.81 bits per heavy atom. The highest BCUT2D eigenvalue weighted by Crippen LogP contribution is 2.25. The molecule has 0 radical (unpaired) electrons. The fourth-order valence-electron chi connectivity index (χ4n) is 1.55. The molecule has 0 N–H and O–H groups in total. The first kappa shape index (κ1) is 12.2. The van der Waals surface area contributed by atoms with Gasteiger partial charge in [-0.2, -0.15) is 5.26 Å². The Kier molecular flexibility index (Phi) is 3.28. The van der Waals surface area contributed by atoms with Crippen LogP contribution >= 0.6 is 0 Å². The van der Waals surface area contributed by atoms with Gasteiger partial charge in [-0.15, -0.1) is 0 Å². The molecule has 3 nitrogen and oxygen atoms in total. The van der Waals surface area contributed by atoms with Crippen molar-refractivity contribution in [2.75, 3.05) is 7.11 Å². The highest BCUT2D eigenvalue weighted by Gasteiger charge is 2.23. The minimum atomic E-state index is -0.819. The smallest absolute Gasteiger partial charge is 0.342 e. The van der Waals surface area contributed by atoms with Crippen molar-refractivity contribution in [2.45, 2.75) is 20.8 Å². The predicted molar refractivity (Wildman–Crippen MR) is 56.7 cm³/mol. The van der Waals surface area contributed by atoms with Gasteiger partial charge in [-0.1, -0.05) is 0 Å². The molecule has 0 aliphatic rings. The Morgan fingerprint density at radius 3 is 2.25 bits per heavy atom. The molecule has 0 aliphatic carbocycles. The third-order valence-corrected chi connectivity index (χ3v) is 2.80. The summed E-state index contributed by atoms with van der Waals surface area (Å²) in [6, 6.07) is 1.85. The average molecular weight is 221 g/mol. The molecule has 0 aliphatic heterocycles. The molecule has 0 bridgehead atoms. The highest BCUT2D eigenvalue weighted by molar-refractivity contribution is 5.93. The molecule has 0 amide bonds. The van der Waals surface area contributed by atoms with E-state index in [1.54, 1.807) is 20.8 Å². The molecule has 1 aromatic rings. The summed E-state index contributed by atoms with van der Waals surface area (Å²) in [5.41, 5.74) is 1.44. The predicted octanol–water partition coefficient (Wildman–Crippen LogP) is 2.41. The number of esters is 1. The molecule has 0 heterocycles. The first-order chi connectivity index (χ1) is 7.45. The van der Waals surface area contributed by atoms with E-state index in [0.717, 1.165) is 7.11 Å². The van der Waals surface area contributed by atoms with Crippen LogP contribution in [0, 0.1) is 37.9 Å². The number of benzene rings is 1. The largest absolute Gasteiger partial charge is 0.465 e. The van der Waals surface area contributed by atoms with Gasteiger partial charge >= 0.3 is 5.97 Å². The Balaban J connectivity index is 3.73. The molecular weight excluding hydrogens is 209 g/mol. The van der Waals surface area contributed by atoms with Crippen molar-refractivity contribution in [2.24, 2.45) is 0 Å². The van der Waals surface area contributed by atoms with Gasteiger partial charge in [0.1, 0.15) is 17.4 Å². The van der Waals surface area contributed by atoms with Gasteiger partial charge in [-0.05, 0) is 37.5 Å². The quantitative estimate of drug-likeness (QED) is 0.684. The number of hydrogen-bond donors (Lipinski definition) is 0. The first-order valence-corrected chi connectivity index (χ1v) is 4.73. The topological polar surface area (TPSA) is 50.1 Å². The van der Waals surface area contributed by atoms with E-state index in [2.05, 4.69) is 4.74 Å². The summed E-state index contributed by atoms with van der Waals surface area (Å²) in [5.74, 6) is -1.49. The van der Waals surface area contributed by atoms with Crippen molar-refractivity contribution < 1.29 is 13.9 Å². The minimum absolute atomic E-state index is 0.0486. The molecule has 0 saturated carbocycles. The summed E-state index contributed by atoms with van der Waals surface area (Å²) in [6.45, 7) is 4.98. The first-order valence-electron chi connectivity index (χ1n) is 4.73. The van der Waals surface area contributed by atoms with Crippen molar-refractivity contribution in [1.82, 2.24) is 0 Å². The summed E-state index contributed by atoms with van der Waals surface area (Å²) in [5, 5.41) is 8.96. The number of carbonyl (C=O) groups excluding carboxylic acids is 1. The second kappa shape index (κ2) is 4.31. The van der Waals surface area contributed by atoms with Gasteiger partial charge in [0, 0.05) is 0 Å². The van der Waals surface area contributed by atoms with E-state index in [-0.39, 0.29) is 11.1 Å². The van der Waals surface area contributed by atoms with E-state index < -0.39 is 11.8 Å². The van der Waals surface area contributed by atoms with E-state index >= 15 is 0 Å². The SMILES string of the molecule is COC(=O)c1c(F)c(C)c(C)c(C)c1C#N. The van der Waals surface area contributed by atoms with Crippen LogP contribution in [0.4, 0.5) is 4.39 Å². The lowest BCUT2D eigenvalue weighted by atomic mass is 9.93. The standard InChI is InChI=1S/C12H12FNO2/c1-6-7(2)9(5-14)10(12(15)16-4)11(13)8(6)3/h1-4H3. The van der Waals surface area contributed by atoms with Crippen LogP contribution in [-0.2, 0) is 4.74 Å². The third kappa shape index (κ3) is 1.65. The molecule has 4 heteroatoms. The second-order valence-corrected chi connectivity index (χ2v) is 3.54. The van der Waals surface area contributed by atoms with Crippen molar-refractivity contribution >= 4 is 5.97 Å². The van der Waals surface area contributed by atoms with Crippen LogP contribution in [-0.4, -0.2) is 13.1 Å². The highest BCUT2D eigenvalue weighted by atomic mass is 19.1. The fourth-order valence-corrected chi connectivity index (χ4v) is 1.55. The van der Waals surface area contributed by atoms with E-state index in [4.69, 9.17) is 5.26 Å². The molecule has 1 aromatic carbocycles. The molecule has 0 atom stereocenters. The van der Waals surface area contributed by atoms with Gasteiger partial charge in [-0.25, -0.2) is 9.18 Å². The van der Waals surface area contributed by atoms with Crippen LogP contribution < -0.4 is 0 Å². The minimum Gasteiger partial charge on any atom is -0.465 e. The number of ether oxygens (including phenoxy) is 1. The van der Waals surface area contributed by atoms with Crippen molar-refractivity contribution in [3.05, 3.63) is 33.6 Å². The molecule has 0 fully saturated rings. The Morgan fingerprint density at radius 1 is 1.25 bits per heavy atom. The van der Waals surface area contributed by atoms with Crippen molar-refractivity contribution in [1.29, 1.82) is 5.26 Å². The summed E-state index contributed by atoms with van der Waals surface area (Å²) >= 11 is 0. The van der Waals surface area contributed by atoms with E-state index in [1.807, 2.05) is 6.07 Å². The molecule has 0 spiro atoms. The van der Waals surface area contributed by atoms with Crippen LogP contribution in [0.25, 0.3) is 0 Å². The van der Waals surface area contributed by atoms with Crippen LogP contribution in [0.1, 0.15) is 32.6 Å². The van der Waals surface area contributed by atoms with Gasteiger partial charge in [0.2, 0.25) is 0 Å². The van der Waals surface area contributed by atoms with Gasteiger partial charge in [0.15, 0.2) is 0 Å². The third-order valence-electron chi connectivity index (χ3n) is 2.80. The van der Waals surface area contributed by atoms with Gasteiger partial charge in [0.05, 0.1) is 12.7 Å². The van der Waals surface area contributed by atoms with Crippen molar-refractivity contribution in [3.8, 4) is 6.07 Å². The molecule has 84 valence electrons. The number of nitriles is 1. The molecule has 16 heavy (non-hydrogen) atoms. The monoisotopic (exact) mass is 221 g/mol. The number of methoxy groups -OCH3 is 1. The number of hydrogen-bond acceptors (Lipinski definition) is 3. The van der Waals surface area contributed by atoms with Crippen LogP contribution in [0.2, 0.25) is 0 Å². The summed E-state index contributed by atoms with van der Waals surface area (Å²) in [6.07, 6.45) is 0. The van der Waals surface area contributed by atoms with E-state index in [0.29, 0.717) is 16.7 Å². The molecular formula is C12H12FNO2. The summed E-state index contributed by atoms with van der Waals surface area (Å²) in [4.78, 5) is 11.4. The molecule has 1 rings (SSSR count). The lowest BCUT2D eigenvalue weighted by molar-refractivity contribution is 0.0594. The van der Waals surface area contributed by atoms with Gasteiger partial charge < -0.3 is 4.74 Å². The maximum atomic E-state index is 13.9. The zero-order valence-electron chi connectivity index (χ0n) is 9.64. The zero-order chi connectivity index (χ0) is 12.5. The second-order valence-electron chi connectivity index (χ2n) is 3.54. The Hall–Kier alpha value is -1.89. The molecule has 0 unspecified atom stereocenters. The van der Waals surface area contributed by atoms with Crippen molar-refractivity contribution in [3.63, 3.8) is 0 Å². The maximum Gasteiger partial charge on any atom is 0.342 e. The van der Waals surface area contributed by atoms with Gasteiger partial charge in [-0.3, -0.25) is 0 Å². The van der Waals surface area contributed by atoms with Crippen LogP contribution in [0.15, 0.2) is 0 Å². The lowest BCUT2D eigenvalue weighted by Gasteiger charge is -2.12. The van der Waals surface area contributed by atoms with E-state index in [9.17, 15) is 9.18 Å². The van der Waals surface area contributed by atoms with Gasteiger partial charge in [0.25, 0.3) is 0 Å². The van der Waals surface area contributed by atoms with E-state index in [1.165, 1.54) is 0 Å². The maximum absolute atomic E-state index is 13.9. The summed E-state index contributed by atoms with van der Waals surface area (Å²) in [7, 11) is 1.16.